The summed E-state index contributed by atoms with van der Waals surface area (Å²) in [5, 5.41) is 5.84. The highest BCUT2D eigenvalue weighted by atomic mass is 16.2. The van der Waals surface area contributed by atoms with E-state index in [-0.39, 0.29) is 17.7 Å². The Morgan fingerprint density at radius 1 is 1.15 bits per heavy atom. The van der Waals surface area contributed by atoms with Crippen LogP contribution in [0.5, 0.6) is 0 Å². The van der Waals surface area contributed by atoms with Crippen molar-refractivity contribution < 1.29 is 14.4 Å². The summed E-state index contributed by atoms with van der Waals surface area (Å²) in [6, 6.07) is 5.39. The number of likely N-dealkylation sites (N-methyl/N-ethyl adjacent to an activating group) is 1. The standard InChI is InChI=1S/C21H29N3O3/c1-14-8-7-9-15(2)18(14)23-20(27)21(12-5-4-6-13-21)24(3)19(26)16-10-11-17(25)22-16/h7-9,16H,4-6,10-13H2,1-3H3,(H,22,25)(H,23,27)/t16-/m0/s1. The lowest BCUT2D eigenvalue weighted by molar-refractivity contribution is -0.147. The van der Waals surface area contributed by atoms with E-state index in [1.54, 1.807) is 11.9 Å². The number of anilines is 1. The number of hydrogen-bond acceptors (Lipinski definition) is 3. The normalized spacial score (nSPS) is 21.4. The summed E-state index contributed by atoms with van der Waals surface area (Å²) in [4.78, 5) is 39.6. The molecule has 0 bridgehead atoms. The molecule has 1 saturated carbocycles. The Kier molecular flexibility index (Phi) is 5.53. The average molecular weight is 371 g/mol. The van der Waals surface area contributed by atoms with Gasteiger partial charge >= 0.3 is 0 Å². The summed E-state index contributed by atoms with van der Waals surface area (Å²) in [6.07, 6.45) is 5.05. The van der Waals surface area contributed by atoms with E-state index in [2.05, 4.69) is 10.6 Å². The van der Waals surface area contributed by atoms with Gasteiger partial charge in [0.05, 0.1) is 0 Å². The van der Waals surface area contributed by atoms with Crippen molar-refractivity contribution in [3.05, 3.63) is 29.3 Å². The molecule has 0 aromatic heterocycles. The maximum atomic E-state index is 13.4. The fraction of sp³-hybridized carbons (Fsp3) is 0.571. The molecule has 3 amide bonds. The SMILES string of the molecule is Cc1cccc(C)c1NC(=O)C1(N(C)C(=O)[C@@H]2CCC(=O)N2)CCCCC1. The van der Waals surface area contributed by atoms with E-state index >= 15 is 0 Å². The minimum Gasteiger partial charge on any atom is -0.344 e. The van der Waals surface area contributed by atoms with Gasteiger partial charge in [-0.1, -0.05) is 37.5 Å². The molecule has 6 nitrogen and oxygen atoms in total. The highest BCUT2D eigenvalue weighted by Crippen LogP contribution is 2.35. The van der Waals surface area contributed by atoms with Crippen molar-refractivity contribution >= 4 is 23.4 Å². The van der Waals surface area contributed by atoms with E-state index in [9.17, 15) is 14.4 Å². The lowest BCUT2D eigenvalue weighted by atomic mass is 9.79. The Labute approximate surface area is 160 Å². The zero-order valence-electron chi connectivity index (χ0n) is 16.4. The first-order chi connectivity index (χ1) is 12.8. The van der Waals surface area contributed by atoms with E-state index in [0.29, 0.717) is 25.7 Å². The fourth-order valence-corrected chi connectivity index (χ4v) is 4.34. The molecular weight excluding hydrogens is 342 g/mol. The van der Waals surface area contributed by atoms with Crippen LogP contribution in [-0.2, 0) is 14.4 Å². The first-order valence-corrected chi connectivity index (χ1v) is 9.80. The number of benzene rings is 1. The largest absolute Gasteiger partial charge is 0.344 e. The Morgan fingerprint density at radius 2 is 1.78 bits per heavy atom. The number of amides is 3. The molecule has 0 unspecified atom stereocenters. The molecule has 2 aliphatic rings. The minimum atomic E-state index is -0.864. The van der Waals surface area contributed by atoms with Crippen molar-refractivity contribution in [1.82, 2.24) is 10.2 Å². The Morgan fingerprint density at radius 3 is 2.33 bits per heavy atom. The predicted molar refractivity (Wildman–Crippen MR) is 104 cm³/mol. The molecule has 1 atom stereocenters. The van der Waals surface area contributed by atoms with Gasteiger partial charge in [0.15, 0.2) is 0 Å². The summed E-state index contributed by atoms with van der Waals surface area (Å²) < 4.78 is 0. The van der Waals surface area contributed by atoms with Crippen LogP contribution in [-0.4, -0.2) is 41.2 Å². The maximum absolute atomic E-state index is 13.4. The molecule has 2 fully saturated rings. The van der Waals surface area contributed by atoms with Gasteiger partial charge in [-0.25, -0.2) is 0 Å². The van der Waals surface area contributed by atoms with Crippen molar-refractivity contribution in [2.75, 3.05) is 12.4 Å². The third-order valence-corrected chi connectivity index (χ3v) is 6.09. The van der Waals surface area contributed by atoms with Gasteiger partial charge in [-0.15, -0.1) is 0 Å². The quantitative estimate of drug-likeness (QED) is 0.854. The van der Waals surface area contributed by atoms with E-state index < -0.39 is 11.6 Å². The number of carbonyl (C=O) groups excluding carboxylic acids is 3. The van der Waals surface area contributed by atoms with Crippen molar-refractivity contribution in [3.63, 3.8) is 0 Å². The number of hydrogen-bond donors (Lipinski definition) is 2. The monoisotopic (exact) mass is 371 g/mol. The van der Waals surface area contributed by atoms with Gasteiger partial charge in [0.25, 0.3) is 0 Å². The Hall–Kier alpha value is -2.37. The van der Waals surface area contributed by atoms with Gasteiger partial charge in [0, 0.05) is 19.2 Å². The zero-order chi connectivity index (χ0) is 19.6. The van der Waals surface area contributed by atoms with Crippen LogP contribution in [0.25, 0.3) is 0 Å². The first kappa shape index (κ1) is 19.4. The molecule has 1 aromatic rings. The van der Waals surface area contributed by atoms with Crippen molar-refractivity contribution in [2.24, 2.45) is 0 Å². The molecule has 1 aliphatic carbocycles. The van der Waals surface area contributed by atoms with Crippen molar-refractivity contribution in [3.8, 4) is 0 Å². The Bertz CT molecular complexity index is 733. The predicted octanol–water partition coefficient (Wildman–Crippen LogP) is 2.68. The zero-order valence-corrected chi connectivity index (χ0v) is 16.4. The molecule has 1 heterocycles. The molecule has 6 heteroatoms. The molecule has 1 aromatic carbocycles. The molecule has 146 valence electrons. The fourth-order valence-electron chi connectivity index (χ4n) is 4.34. The number of nitrogens with one attached hydrogen (secondary N) is 2. The molecule has 2 N–H and O–H groups in total. The van der Waals surface area contributed by atoms with Gasteiger partial charge in [-0.2, -0.15) is 0 Å². The van der Waals surface area contributed by atoms with Crippen LogP contribution in [0.2, 0.25) is 0 Å². The summed E-state index contributed by atoms with van der Waals surface area (Å²) in [5.41, 5.74) is 1.97. The number of rotatable bonds is 4. The van der Waals surface area contributed by atoms with Crippen LogP contribution >= 0.6 is 0 Å². The third-order valence-electron chi connectivity index (χ3n) is 6.09. The summed E-state index contributed by atoms with van der Waals surface area (Å²) in [7, 11) is 1.71. The van der Waals surface area contributed by atoms with Crippen LogP contribution < -0.4 is 10.6 Å². The van der Waals surface area contributed by atoms with Crippen LogP contribution in [0.3, 0.4) is 0 Å². The molecular formula is C21H29N3O3. The van der Waals surface area contributed by atoms with E-state index in [4.69, 9.17) is 0 Å². The van der Waals surface area contributed by atoms with E-state index in [1.807, 2.05) is 32.0 Å². The molecule has 27 heavy (non-hydrogen) atoms. The topological polar surface area (TPSA) is 78.5 Å². The second kappa shape index (κ2) is 7.71. The van der Waals surface area contributed by atoms with E-state index in [1.165, 1.54) is 0 Å². The lowest BCUT2D eigenvalue weighted by Crippen LogP contribution is -2.61. The van der Waals surface area contributed by atoms with Gasteiger partial charge < -0.3 is 15.5 Å². The number of para-hydroxylation sites is 1. The molecule has 0 spiro atoms. The second-order valence-corrected chi connectivity index (χ2v) is 7.87. The van der Waals surface area contributed by atoms with Crippen molar-refractivity contribution in [1.29, 1.82) is 0 Å². The van der Waals surface area contributed by atoms with E-state index in [0.717, 1.165) is 36.1 Å². The van der Waals surface area contributed by atoms with Gasteiger partial charge in [-0.05, 0) is 44.2 Å². The second-order valence-electron chi connectivity index (χ2n) is 7.87. The molecule has 3 rings (SSSR count). The Balaban J connectivity index is 1.86. The number of carbonyl (C=O) groups is 3. The van der Waals surface area contributed by atoms with Gasteiger partial charge in [-0.3, -0.25) is 14.4 Å². The van der Waals surface area contributed by atoms with Crippen LogP contribution in [0.4, 0.5) is 5.69 Å². The van der Waals surface area contributed by atoms with Crippen LogP contribution in [0.15, 0.2) is 18.2 Å². The smallest absolute Gasteiger partial charge is 0.250 e. The summed E-state index contributed by atoms with van der Waals surface area (Å²) >= 11 is 0. The highest BCUT2D eigenvalue weighted by Gasteiger charge is 2.47. The first-order valence-electron chi connectivity index (χ1n) is 9.80. The van der Waals surface area contributed by atoms with Gasteiger partial charge in [0.1, 0.15) is 11.6 Å². The van der Waals surface area contributed by atoms with Crippen molar-refractivity contribution in [2.45, 2.75) is 70.4 Å². The van der Waals surface area contributed by atoms with Gasteiger partial charge in [0.2, 0.25) is 17.7 Å². The molecule has 1 saturated heterocycles. The molecule has 1 aliphatic heterocycles. The number of aryl methyl sites for hydroxylation is 2. The highest BCUT2D eigenvalue weighted by molar-refractivity contribution is 6.02. The third kappa shape index (κ3) is 3.70. The summed E-state index contributed by atoms with van der Waals surface area (Å²) in [6.45, 7) is 3.94. The van der Waals surface area contributed by atoms with Crippen LogP contribution in [0, 0.1) is 13.8 Å². The average Bonchev–Trinajstić information content (AvgIpc) is 3.10. The molecule has 0 radical (unpaired) electrons. The number of nitrogens with zero attached hydrogens (tertiary/aromatic N) is 1. The summed E-state index contributed by atoms with van der Waals surface area (Å²) in [5.74, 6) is -0.390. The maximum Gasteiger partial charge on any atom is 0.250 e. The van der Waals surface area contributed by atoms with Crippen LogP contribution in [0.1, 0.15) is 56.1 Å². The minimum absolute atomic E-state index is 0.0977. The lowest BCUT2D eigenvalue weighted by Gasteiger charge is -2.44.